The third-order valence-electron chi connectivity index (χ3n) is 3.54. The average Bonchev–Trinajstić information content (AvgIpc) is 2.98. The van der Waals surface area contributed by atoms with E-state index in [4.69, 9.17) is 4.74 Å². The molecular weight excluding hydrogens is 350 g/mol. The molecule has 0 saturated carbocycles. The molecule has 0 saturated heterocycles. The minimum Gasteiger partial charge on any atom is -0.437 e. The number of hydrogen-bond acceptors (Lipinski definition) is 5. The molecule has 106 valence electrons. The summed E-state index contributed by atoms with van der Waals surface area (Å²) in [6.07, 6.45) is 6.88. The van der Waals surface area contributed by atoms with Crippen LogP contribution in [-0.4, -0.2) is 15.0 Å². The summed E-state index contributed by atoms with van der Waals surface area (Å²) < 4.78 is 6.89. The van der Waals surface area contributed by atoms with Crippen LogP contribution in [-0.2, 0) is 12.8 Å². The van der Waals surface area contributed by atoms with Gasteiger partial charge in [-0.3, -0.25) is 4.98 Å². The van der Waals surface area contributed by atoms with Crippen molar-refractivity contribution in [2.24, 2.45) is 0 Å². The van der Waals surface area contributed by atoms with Crippen molar-refractivity contribution in [2.45, 2.75) is 26.2 Å². The molecule has 6 heteroatoms. The lowest BCUT2D eigenvalue weighted by atomic mass is 10.2. The van der Waals surface area contributed by atoms with E-state index >= 15 is 0 Å². The predicted molar refractivity (Wildman–Crippen MR) is 86.2 cm³/mol. The molecule has 3 aromatic heterocycles. The van der Waals surface area contributed by atoms with Crippen LogP contribution in [0, 0.1) is 6.92 Å². The van der Waals surface area contributed by atoms with Gasteiger partial charge in [0, 0.05) is 15.5 Å². The van der Waals surface area contributed by atoms with Crippen LogP contribution in [0.3, 0.4) is 0 Å². The molecular formula is C15H12BrN3OS. The first kappa shape index (κ1) is 13.2. The first-order chi connectivity index (χ1) is 10.2. The second-order valence-electron chi connectivity index (χ2n) is 5.05. The van der Waals surface area contributed by atoms with E-state index in [1.807, 2.05) is 13.0 Å². The molecule has 4 nitrogen and oxygen atoms in total. The number of fused-ring (bicyclic) bond motifs is 3. The maximum Gasteiger partial charge on any atom is 0.231 e. The Morgan fingerprint density at radius 3 is 3.00 bits per heavy atom. The molecule has 21 heavy (non-hydrogen) atoms. The molecule has 3 aromatic rings. The highest BCUT2D eigenvalue weighted by atomic mass is 79.9. The number of pyridine rings is 1. The van der Waals surface area contributed by atoms with E-state index in [0.29, 0.717) is 11.6 Å². The Morgan fingerprint density at radius 2 is 2.14 bits per heavy atom. The van der Waals surface area contributed by atoms with Gasteiger partial charge in [-0.1, -0.05) is 0 Å². The van der Waals surface area contributed by atoms with E-state index in [1.165, 1.54) is 16.9 Å². The summed E-state index contributed by atoms with van der Waals surface area (Å²) in [7, 11) is 0. The number of rotatable bonds is 2. The number of nitrogens with zero attached hydrogens (tertiary/aromatic N) is 3. The van der Waals surface area contributed by atoms with Gasteiger partial charge < -0.3 is 4.74 Å². The summed E-state index contributed by atoms with van der Waals surface area (Å²) in [5.74, 6) is 2.07. The summed E-state index contributed by atoms with van der Waals surface area (Å²) in [6, 6.07) is 1.89. The van der Waals surface area contributed by atoms with Gasteiger partial charge in [-0.25, -0.2) is 4.98 Å². The fourth-order valence-electron chi connectivity index (χ4n) is 2.70. The molecule has 1 aliphatic carbocycles. The fraction of sp³-hybridized carbons (Fsp3) is 0.267. The average molecular weight is 362 g/mol. The zero-order valence-electron chi connectivity index (χ0n) is 11.4. The molecule has 3 heterocycles. The van der Waals surface area contributed by atoms with Crippen LogP contribution in [0.1, 0.15) is 22.7 Å². The lowest BCUT2D eigenvalue weighted by Crippen LogP contribution is -1.95. The largest absolute Gasteiger partial charge is 0.437 e. The molecule has 0 spiro atoms. The standard InChI is InChI=1S/C15H12BrN3OS/c1-8-18-14(20-10-5-9(16)6-17-7-10)13-11-3-2-4-12(11)21-15(13)19-8/h5-7H,2-4H2,1H3. The van der Waals surface area contributed by atoms with Crippen LogP contribution in [0.5, 0.6) is 11.6 Å². The van der Waals surface area contributed by atoms with Gasteiger partial charge in [0.15, 0.2) is 0 Å². The molecule has 0 atom stereocenters. The molecule has 1 aliphatic rings. The van der Waals surface area contributed by atoms with Gasteiger partial charge in [-0.2, -0.15) is 4.98 Å². The van der Waals surface area contributed by atoms with Gasteiger partial charge in [0.05, 0.1) is 11.6 Å². The number of ether oxygens (including phenoxy) is 1. The molecule has 4 rings (SSSR count). The van der Waals surface area contributed by atoms with Gasteiger partial charge in [-0.15, -0.1) is 11.3 Å². The van der Waals surface area contributed by atoms with Crippen LogP contribution in [0.2, 0.25) is 0 Å². The van der Waals surface area contributed by atoms with E-state index < -0.39 is 0 Å². The second-order valence-corrected chi connectivity index (χ2v) is 7.05. The molecule has 0 aliphatic heterocycles. The van der Waals surface area contributed by atoms with Crippen molar-refractivity contribution in [3.8, 4) is 11.6 Å². The number of halogens is 1. The first-order valence-electron chi connectivity index (χ1n) is 6.78. The monoisotopic (exact) mass is 361 g/mol. The molecule has 0 N–H and O–H groups in total. The van der Waals surface area contributed by atoms with E-state index in [9.17, 15) is 0 Å². The molecule has 0 radical (unpaired) electrons. The van der Waals surface area contributed by atoms with Crippen molar-refractivity contribution in [3.05, 3.63) is 39.2 Å². The predicted octanol–water partition coefficient (Wildman–Crippen LogP) is 4.44. The maximum absolute atomic E-state index is 6.00. The zero-order valence-corrected chi connectivity index (χ0v) is 13.8. The highest BCUT2D eigenvalue weighted by Gasteiger charge is 2.23. The zero-order chi connectivity index (χ0) is 14.4. The molecule has 0 fully saturated rings. The molecule has 0 bridgehead atoms. The van der Waals surface area contributed by atoms with Gasteiger partial charge in [-0.05, 0) is 53.7 Å². The molecule has 0 amide bonds. The number of thiophene rings is 1. The SMILES string of the molecule is Cc1nc(Oc2cncc(Br)c2)c2c3c(sc2n1)CCC3. The lowest BCUT2D eigenvalue weighted by molar-refractivity contribution is 0.464. The third-order valence-corrected chi connectivity index (χ3v) is 5.16. The number of hydrogen-bond donors (Lipinski definition) is 0. The summed E-state index contributed by atoms with van der Waals surface area (Å²) in [5.41, 5.74) is 1.37. The third kappa shape index (κ3) is 2.32. The Kier molecular flexibility index (Phi) is 3.15. The minimum atomic E-state index is 0.650. The van der Waals surface area contributed by atoms with Gasteiger partial charge in [0.1, 0.15) is 16.4 Å². The maximum atomic E-state index is 6.00. The summed E-state index contributed by atoms with van der Waals surface area (Å²) >= 11 is 5.18. The van der Waals surface area contributed by atoms with Gasteiger partial charge >= 0.3 is 0 Å². The van der Waals surface area contributed by atoms with Crippen molar-refractivity contribution in [1.82, 2.24) is 15.0 Å². The topological polar surface area (TPSA) is 47.9 Å². The van der Waals surface area contributed by atoms with Crippen molar-refractivity contribution < 1.29 is 4.74 Å². The quantitative estimate of drug-likeness (QED) is 0.676. The molecule has 0 unspecified atom stereocenters. The molecule has 0 aromatic carbocycles. The summed E-state index contributed by atoms with van der Waals surface area (Å²) in [5, 5.41) is 1.08. The van der Waals surface area contributed by atoms with Crippen molar-refractivity contribution in [1.29, 1.82) is 0 Å². The fourth-order valence-corrected chi connectivity index (χ4v) is 4.34. The van der Waals surface area contributed by atoms with E-state index in [1.54, 1.807) is 23.7 Å². The summed E-state index contributed by atoms with van der Waals surface area (Å²) in [6.45, 7) is 1.90. The van der Waals surface area contributed by atoms with Crippen LogP contribution in [0.25, 0.3) is 10.2 Å². The van der Waals surface area contributed by atoms with Crippen molar-refractivity contribution >= 4 is 37.5 Å². The normalized spacial score (nSPS) is 13.6. The van der Waals surface area contributed by atoms with Crippen LogP contribution in [0.15, 0.2) is 22.9 Å². The second kappa shape index (κ2) is 5.03. The number of aromatic nitrogens is 3. The van der Waals surface area contributed by atoms with Gasteiger partial charge in [0.2, 0.25) is 5.88 Å². The van der Waals surface area contributed by atoms with Crippen LogP contribution >= 0.6 is 27.3 Å². The minimum absolute atomic E-state index is 0.650. The smallest absolute Gasteiger partial charge is 0.231 e. The van der Waals surface area contributed by atoms with Gasteiger partial charge in [0.25, 0.3) is 0 Å². The lowest BCUT2D eigenvalue weighted by Gasteiger charge is -2.07. The highest BCUT2D eigenvalue weighted by Crippen LogP contribution is 2.41. The van der Waals surface area contributed by atoms with Crippen LogP contribution in [0.4, 0.5) is 0 Å². The van der Waals surface area contributed by atoms with E-state index in [-0.39, 0.29) is 0 Å². The van der Waals surface area contributed by atoms with E-state index in [0.717, 1.165) is 33.4 Å². The summed E-state index contributed by atoms with van der Waals surface area (Å²) in [4.78, 5) is 15.7. The Hall–Kier alpha value is -1.53. The Balaban J connectivity index is 1.87. The number of aryl methyl sites for hydroxylation is 3. The Labute approximate surface area is 134 Å². The first-order valence-corrected chi connectivity index (χ1v) is 8.39. The Bertz CT molecular complexity index is 846. The van der Waals surface area contributed by atoms with E-state index in [2.05, 4.69) is 30.9 Å². The van der Waals surface area contributed by atoms with Crippen molar-refractivity contribution in [2.75, 3.05) is 0 Å². The van der Waals surface area contributed by atoms with Crippen LogP contribution < -0.4 is 4.74 Å². The highest BCUT2D eigenvalue weighted by molar-refractivity contribution is 9.10. The van der Waals surface area contributed by atoms with Crippen molar-refractivity contribution in [3.63, 3.8) is 0 Å². The Morgan fingerprint density at radius 1 is 1.24 bits per heavy atom.